The summed E-state index contributed by atoms with van der Waals surface area (Å²) in [6.07, 6.45) is 8.10. The Labute approximate surface area is 116 Å². The number of carbonyl (C=O) groups excluding carboxylic acids is 1. The predicted octanol–water partition coefficient (Wildman–Crippen LogP) is 1.93. The van der Waals surface area contributed by atoms with Crippen LogP contribution < -0.4 is 5.32 Å². The number of hydrogen-bond acceptors (Lipinski definition) is 4. The molecule has 1 N–H and O–H groups in total. The lowest BCUT2D eigenvalue weighted by atomic mass is 9.77. The molecule has 0 amide bonds. The van der Waals surface area contributed by atoms with Gasteiger partial charge >= 0.3 is 5.97 Å². The summed E-state index contributed by atoms with van der Waals surface area (Å²) in [4.78, 5) is 14.7. The molecule has 2 aliphatic carbocycles. The van der Waals surface area contributed by atoms with Gasteiger partial charge < -0.3 is 15.0 Å². The summed E-state index contributed by atoms with van der Waals surface area (Å²) < 4.78 is 5.05. The summed E-state index contributed by atoms with van der Waals surface area (Å²) in [5.74, 6) is -0.0824. The van der Waals surface area contributed by atoms with E-state index in [-0.39, 0.29) is 5.97 Å². The lowest BCUT2D eigenvalue weighted by Gasteiger charge is -2.46. The Balaban J connectivity index is 2.05. The topological polar surface area (TPSA) is 41.6 Å². The minimum Gasteiger partial charge on any atom is -0.468 e. The predicted molar refractivity (Wildman–Crippen MR) is 76.1 cm³/mol. The average Bonchev–Trinajstić information content (AvgIpc) is 2.36. The van der Waals surface area contributed by atoms with Gasteiger partial charge in [-0.3, -0.25) is 4.79 Å². The van der Waals surface area contributed by atoms with Crippen LogP contribution in [0.3, 0.4) is 0 Å². The Morgan fingerprint density at radius 3 is 2.53 bits per heavy atom. The van der Waals surface area contributed by atoms with Gasteiger partial charge in [-0.1, -0.05) is 13.3 Å². The fourth-order valence-electron chi connectivity index (χ4n) is 3.64. The molecule has 0 aliphatic heterocycles. The Hall–Kier alpha value is -0.610. The highest BCUT2D eigenvalue weighted by Crippen LogP contribution is 2.35. The van der Waals surface area contributed by atoms with Gasteiger partial charge in [0.25, 0.3) is 0 Å². The first-order valence-corrected chi connectivity index (χ1v) is 7.68. The number of esters is 1. The van der Waals surface area contributed by atoms with E-state index in [9.17, 15) is 4.79 Å². The molecule has 19 heavy (non-hydrogen) atoms. The van der Waals surface area contributed by atoms with Crippen molar-refractivity contribution in [2.75, 3.05) is 20.7 Å². The number of nitrogens with one attached hydrogen (secondary N) is 1. The Morgan fingerprint density at radius 2 is 2.00 bits per heavy atom. The molecule has 4 heteroatoms. The standard InChI is InChI=1S/C15H28N2O2/c1-4-16-15(14(18)19-3)10-6-9-13(11-15)17(2)12-7-5-8-12/h12-13,16H,4-11H2,1-3H3. The van der Waals surface area contributed by atoms with Crippen molar-refractivity contribution in [1.82, 2.24) is 10.2 Å². The SMILES string of the molecule is CCNC1(C(=O)OC)CCCC(N(C)C2CCC2)C1. The van der Waals surface area contributed by atoms with Gasteiger partial charge in [0.15, 0.2) is 0 Å². The number of ether oxygens (including phenoxy) is 1. The molecule has 4 nitrogen and oxygen atoms in total. The van der Waals surface area contributed by atoms with Gasteiger partial charge in [-0.25, -0.2) is 0 Å². The first-order chi connectivity index (χ1) is 9.13. The van der Waals surface area contributed by atoms with E-state index >= 15 is 0 Å². The number of methoxy groups -OCH3 is 1. The van der Waals surface area contributed by atoms with E-state index in [1.54, 1.807) is 0 Å². The fourth-order valence-corrected chi connectivity index (χ4v) is 3.64. The van der Waals surface area contributed by atoms with Crippen LogP contribution in [0.2, 0.25) is 0 Å². The van der Waals surface area contributed by atoms with E-state index < -0.39 is 5.54 Å². The Morgan fingerprint density at radius 1 is 1.32 bits per heavy atom. The lowest BCUT2D eigenvalue weighted by molar-refractivity contribution is -0.151. The maximum atomic E-state index is 12.2. The van der Waals surface area contributed by atoms with Crippen LogP contribution in [0.1, 0.15) is 51.9 Å². The van der Waals surface area contributed by atoms with Crippen molar-refractivity contribution in [2.45, 2.75) is 69.5 Å². The van der Waals surface area contributed by atoms with Crippen molar-refractivity contribution < 1.29 is 9.53 Å². The third-order valence-corrected chi connectivity index (χ3v) is 5.04. The number of hydrogen-bond donors (Lipinski definition) is 1. The molecule has 2 fully saturated rings. The normalized spacial score (nSPS) is 32.1. The third kappa shape index (κ3) is 2.95. The number of rotatable bonds is 5. The van der Waals surface area contributed by atoms with E-state index in [0.29, 0.717) is 6.04 Å². The van der Waals surface area contributed by atoms with Crippen LogP contribution >= 0.6 is 0 Å². The van der Waals surface area contributed by atoms with Gasteiger partial charge in [0.1, 0.15) is 5.54 Å². The monoisotopic (exact) mass is 268 g/mol. The van der Waals surface area contributed by atoms with E-state index in [1.807, 2.05) is 0 Å². The molecule has 2 atom stereocenters. The molecule has 2 aliphatic rings. The highest BCUT2D eigenvalue weighted by molar-refractivity contribution is 5.81. The molecule has 2 saturated carbocycles. The minimum atomic E-state index is -0.454. The summed E-state index contributed by atoms with van der Waals surface area (Å²) in [7, 11) is 3.73. The highest BCUT2D eigenvalue weighted by Gasteiger charge is 2.45. The van der Waals surface area contributed by atoms with Gasteiger partial charge in [-0.2, -0.15) is 0 Å². The molecule has 0 heterocycles. The van der Waals surface area contributed by atoms with Crippen LogP contribution in [-0.4, -0.2) is 49.2 Å². The molecular formula is C15H28N2O2. The zero-order valence-corrected chi connectivity index (χ0v) is 12.6. The molecule has 0 aromatic rings. The van der Waals surface area contributed by atoms with Crippen LogP contribution in [0.15, 0.2) is 0 Å². The van der Waals surface area contributed by atoms with Crippen molar-refractivity contribution in [3.8, 4) is 0 Å². The van der Waals surface area contributed by atoms with Gasteiger partial charge in [0.2, 0.25) is 0 Å². The van der Waals surface area contributed by atoms with Crippen molar-refractivity contribution in [3.05, 3.63) is 0 Å². The second kappa shape index (κ2) is 6.23. The van der Waals surface area contributed by atoms with E-state index in [0.717, 1.165) is 31.8 Å². The van der Waals surface area contributed by atoms with Crippen LogP contribution in [0, 0.1) is 0 Å². The molecule has 0 spiro atoms. The fraction of sp³-hybridized carbons (Fsp3) is 0.933. The molecule has 110 valence electrons. The van der Waals surface area contributed by atoms with Gasteiger partial charge in [0.05, 0.1) is 7.11 Å². The molecule has 0 aromatic carbocycles. The Bertz CT molecular complexity index is 313. The van der Waals surface area contributed by atoms with Crippen LogP contribution in [0.5, 0.6) is 0 Å². The van der Waals surface area contributed by atoms with Gasteiger partial charge in [-0.15, -0.1) is 0 Å². The molecule has 2 rings (SSSR count). The van der Waals surface area contributed by atoms with Crippen LogP contribution in [0.4, 0.5) is 0 Å². The molecule has 2 unspecified atom stereocenters. The first-order valence-electron chi connectivity index (χ1n) is 7.68. The third-order valence-electron chi connectivity index (χ3n) is 5.04. The van der Waals surface area contributed by atoms with Crippen molar-refractivity contribution in [2.24, 2.45) is 0 Å². The van der Waals surface area contributed by atoms with Crippen molar-refractivity contribution in [1.29, 1.82) is 0 Å². The van der Waals surface area contributed by atoms with E-state index in [2.05, 4.69) is 24.2 Å². The summed E-state index contributed by atoms with van der Waals surface area (Å²) in [5, 5.41) is 3.41. The molecule has 0 aromatic heterocycles. The zero-order valence-electron chi connectivity index (χ0n) is 12.6. The van der Waals surface area contributed by atoms with Crippen molar-refractivity contribution >= 4 is 5.97 Å². The minimum absolute atomic E-state index is 0.0824. The second-order valence-corrected chi connectivity index (χ2v) is 6.10. The van der Waals surface area contributed by atoms with Gasteiger partial charge in [0, 0.05) is 12.1 Å². The lowest BCUT2D eigenvalue weighted by Crippen LogP contribution is -2.59. The van der Waals surface area contributed by atoms with E-state index in [4.69, 9.17) is 4.74 Å². The quantitative estimate of drug-likeness (QED) is 0.774. The first kappa shape index (κ1) is 14.8. The number of carbonyl (C=O) groups is 1. The van der Waals surface area contributed by atoms with Crippen molar-refractivity contribution in [3.63, 3.8) is 0 Å². The summed E-state index contributed by atoms with van der Waals surface area (Å²) in [6, 6.07) is 1.25. The zero-order chi connectivity index (χ0) is 13.9. The maximum absolute atomic E-state index is 12.2. The van der Waals surface area contributed by atoms with Crippen LogP contribution in [-0.2, 0) is 9.53 Å². The highest BCUT2D eigenvalue weighted by atomic mass is 16.5. The number of likely N-dealkylation sites (N-methyl/N-ethyl adjacent to an activating group) is 1. The molecular weight excluding hydrogens is 240 g/mol. The maximum Gasteiger partial charge on any atom is 0.326 e. The average molecular weight is 268 g/mol. The summed E-state index contributed by atoms with van der Waals surface area (Å²) >= 11 is 0. The van der Waals surface area contributed by atoms with Crippen LogP contribution in [0.25, 0.3) is 0 Å². The van der Waals surface area contributed by atoms with Gasteiger partial charge in [-0.05, 0) is 52.1 Å². The summed E-state index contributed by atoms with van der Waals surface area (Å²) in [5.41, 5.74) is -0.454. The Kier molecular flexibility index (Phi) is 4.85. The smallest absolute Gasteiger partial charge is 0.326 e. The molecule has 0 radical (unpaired) electrons. The summed E-state index contributed by atoms with van der Waals surface area (Å²) in [6.45, 7) is 2.87. The molecule has 0 bridgehead atoms. The second-order valence-electron chi connectivity index (χ2n) is 6.10. The molecule has 0 saturated heterocycles. The largest absolute Gasteiger partial charge is 0.468 e. The van der Waals surface area contributed by atoms with E-state index in [1.165, 1.54) is 32.8 Å². The number of nitrogens with zero attached hydrogens (tertiary/aromatic N) is 1.